The van der Waals surface area contributed by atoms with E-state index >= 15 is 0 Å². The fourth-order valence-electron chi connectivity index (χ4n) is 8.27. The normalized spacial score (nSPS) is 25.8. The Kier molecular flexibility index (Phi) is 10.5. The quantitative estimate of drug-likeness (QED) is 0.135. The van der Waals surface area contributed by atoms with E-state index in [-0.39, 0.29) is 31.4 Å². The van der Waals surface area contributed by atoms with Gasteiger partial charge in [0.25, 0.3) is 5.91 Å². The number of hydrogen-bond donors (Lipinski definition) is 2. The minimum Gasteiger partial charge on any atom is -0.497 e. The van der Waals surface area contributed by atoms with Gasteiger partial charge < -0.3 is 19.7 Å². The van der Waals surface area contributed by atoms with Crippen LogP contribution in [0.4, 0.5) is 0 Å². The maximum atomic E-state index is 14.9. The molecule has 17 heteroatoms. The monoisotopic (exact) mass is 805 g/mol. The molecule has 3 amide bonds. The van der Waals surface area contributed by atoms with Gasteiger partial charge in [-0.2, -0.15) is 9.90 Å². The van der Waals surface area contributed by atoms with Gasteiger partial charge in [0.1, 0.15) is 45.7 Å². The molecule has 2 aromatic heterocycles. The Hall–Kier alpha value is -4.64. The number of benzene rings is 1. The molecule has 56 heavy (non-hydrogen) atoms. The lowest BCUT2D eigenvalue weighted by Gasteiger charge is -2.35. The lowest BCUT2D eigenvalue weighted by molar-refractivity contribution is -0.167. The van der Waals surface area contributed by atoms with E-state index in [2.05, 4.69) is 21.6 Å². The predicted octanol–water partition coefficient (Wildman–Crippen LogP) is 4.18. The molecule has 4 aliphatic carbocycles. The number of amides is 3. The van der Waals surface area contributed by atoms with E-state index in [1.165, 1.54) is 27.1 Å². The number of esters is 1. The van der Waals surface area contributed by atoms with Crippen molar-refractivity contribution in [2.75, 3.05) is 13.7 Å². The van der Waals surface area contributed by atoms with Crippen molar-refractivity contribution in [3.63, 3.8) is 0 Å². The van der Waals surface area contributed by atoms with E-state index in [4.69, 9.17) is 19.7 Å². The van der Waals surface area contributed by atoms with Crippen molar-refractivity contribution in [3.8, 4) is 27.7 Å². The highest BCUT2D eigenvalue weighted by Gasteiger charge is 2.62. The number of nitrogens with zero attached hydrogens (tertiary/aromatic N) is 5. The fraction of sp³-hybridized carbons (Fsp3) is 0.564. The molecule has 1 aliphatic heterocycles. The maximum Gasteiger partial charge on any atom is 0.319 e. The van der Waals surface area contributed by atoms with Gasteiger partial charge in [-0.05, 0) is 81.5 Å². The first-order valence-corrected chi connectivity index (χ1v) is 22.0. The molecule has 298 valence electrons. The number of nitrogens with one attached hydrogen (secondary N) is 2. The lowest BCUT2D eigenvalue weighted by atomic mass is 9.79. The Morgan fingerprint density at radius 3 is 2.34 bits per heavy atom. The highest BCUT2D eigenvalue weighted by molar-refractivity contribution is 7.91. The zero-order chi connectivity index (χ0) is 39.2. The van der Waals surface area contributed by atoms with E-state index in [0.29, 0.717) is 47.8 Å². The minimum absolute atomic E-state index is 0.00499. The number of carbonyl (C=O) groups is 4. The summed E-state index contributed by atoms with van der Waals surface area (Å²) < 4.78 is 39.0. The predicted molar refractivity (Wildman–Crippen MR) is 205 cm³/mol. The molecule has 1 aromatic carbocycles. The third-order valence-corrected chi connectivity index (χ3v) is 14.6. The summed E-state index contributed by atoms with van der Waals surface area (Å²) in [5.41, 5.74) is 0.288. The standard InChI is InChI=1S/C39H47N7O8S2/c1-3-25-21-39(25,38(50)44-56(51,52)29-16-17-29)41-34(47)30-20-26(22-45(30)36(48)31(23-8-5-4-6-9-23)37(49)54-28-10-7-11-28)46-42-32(24-12-14-27(53-2)15-13-24)33(43-46)35-40-18-19-55-35/h3,12-15,18-19,23,25-26,28-31H,1,4-11,16-17,20-22H2,2H3,(H,41,47)(H,44,50)/t25-,26-,30+,31+,39+/m1/s1. The van der Waals surface area contributed by atoms with Crippen LogP contribution in [0.15, 0.2) is 48.5 Å². The first kappa shape index (κ1) is 38.2. The van der Waals surface area contributed by atoms with E-state index < -0.39 is 68.4 Å². The molecule has 5 atom stereocenters. The van der Waals surface area contributed by atoms with Crippen LogP contribution in [0.3, 0.4) is 0 Å². The van der Waals surface area contributed by atoms with Gasteiger partial charge in [-0.15, -0.1) is 23.0 Å². The third kappa shape index (κ3) is 7.46. The average Bonchev–Trinajstić information content (AvgIpc) is 3.95. The molecule has 3 heterocycles. The molecule has 3 aromatic rings. The highest BCUT2D eigenvalue weighted by Crippen LogP contribution is 2.46. The maximum absolute atomic E-state index is 14.9. The second-order valence-corrected chi connectivity index (χ2v) is 18.6. The lowest BCUT2D eigenvalue weighted by Crippen LogP contribution is -2.57. The summed E-state index contributed by atoms with van der Waals surface area (Å²) in [6.07, 6.45) is 10.7. The molecule has 5 aliphatic rings. The van der Waals surface area contributed by atoms with Gasteiger partial charge >= 0.3 is 5.97 Å². The Morgan fingerprint density at radius 2 is 1.73 bits per heavy atom. The summed E-state index contributed by atoms with van der Waals surface area (Å²) >= 11 is 1.40. The van der Waals surface area contributed by atoms with Crippen LogP contribution < -0.4 is 14.8 Å². The summed E-state index contributed by atoms with van der Waals surface area (Å²) in [4.78, 5) is 64.5. The van der Waals surface area contributed by atoms with Crippen LogP contribution in [0.25, 0.3) is 22.0 Å². The number of likely N-dealkylation sites (tertiary alicyclic amines) is 1. The van der Waals surface area contributed by atoms with Crippen LogP contribution in [0, 0.1) is 17.8 Å². The van der Waals surface area contributed by atoms with Gasteiger partial charge in [0.05, 0.1) is 18.4 Å². The van der Waals surface area contributed by atoms with Crippen LogP contribution in [-0.4, -0.2) is 93.6 Å². The van der Waals surface area contributed by atoms with Gasteiger partial charge in [-0.25, -0.2) is 13.4 Å². The van der Waals surface area contributed by atoms with E-state index in [1.807, 2.05) is 29.6 Å². The molecule has 2 N–H and O–H groups in total. The van der Waals surface area contributed by atoms with Crippen molar-refractivity contribution < 1.29 is 37.1 Å². The van der Waals surface area contributed by atoms with Crippen molar-refractivity contribution in [1.29, 1.82) is 0 Å². The molecule has 0 unspecified atom stereocenters. The number of ether oxygens (including phenoxy) is 2. The number of carbonyl (C=O) groups excluding carboxylic acids is 4. The zero-order valence-electron chi connectivity index (χ0n) is 31.3. The molecule has 0 spiro atoms. The SMILES string of the molecule is C=C[C@@H]1C[C@@]1(NC(=O)[C@@H]1C[C@@H](n2nc(-c3ccc(OC)cc3)c(-c3nccs3)n2)CN1C(=O)[C@@H](C(=O)OC1CCC1)C1CCCCC1)C(=O)NS(=O)(=O)C1CC1. The third-order valence-electron chi connectivity index (χ3n) is 12.0. The average molecular weight is 806 g/mol. The number of rotatable bonds is 14. The Labute approximate surface area is 329 Å². The number of methoxy groups -OCH3 is 1. The number of thiazole rings is 1. The molecule has 0 radical (unpaired) electrons. The van der Waals surface area contributed by atoms with Gasteiger partial charge in [-0.3, -0.25) is 23.9 Å². The summed E-state index contributed by atoms with van der Waals surface area (Å²) in [6.45, 7) is 3.82. The largest absolute Gasteiger partial charge is 0.497 e. The summed E-state index contributed by atoms with van der Waals surface area (Å²) in [6, 6.07) is 5.63. The van der Waals surface area contributed by atoms with Gasteiger partial charge in [0.2, 0.25) is 21.8 Å². The summed E-state index contributed by atoms with van der Waals surface area (Å²) in [7, 11) is -2.32. The highest BCUT2D eigenvalue weighted by atomic mass is 32.2. The summed E-state index contributed by atoms with van der Waals surface area (Å²) in [5.74, 6) is -3.72. The van der Waals surface area contributed by atoms with Crippen LogP contribution in [0.2, 0.25) is 0 Å². The number of sulfonamides is 1. The van der Waals surface area contributed by atoms with Crippen molar-refractivity contribution in [1.82, 2.24) is 34.9 Å². The summed E-state index contributed by atoms with van der Waals surface area (Å²) in [5, 5.41) is 14.5. The number of hydrogen-bond acceptors (Lipinski definition) is 12. The van der Waals surface area contributed by atoms with Gasteiger partial charge in [0, 0.05) is 36.0 Å². The molecule has 8 rings (SSSR count). The smallest absolute Gasteiger partial charge is 0.319 e. The van der Waals surface area contributed by atoms with Crippen molar-refractivity contribution in [2.24, 2.45) is 17.8 Å². The van der Waals surface area contributed by atoms with Crippen LogP contribution in [-0.2, 0) is 33.9 Å². The second-order valence-electron chi connectivity index (χ2n) is 15.7. The van der Waals surface area contributed by atoms with Crippen LogP contribution in [0.1, 0.15) is 83.1 Å². The molecular formula is C39H47N7O8S2. The first-order valence-electron chi connectivity index (χ1n) is 19.5. The van der Waals surface area contributed by atoms with Crippen molar-refractivity contribution in [2.45, 2.75) is 106 Å². The first-order chi connectivity index (χ1) is 27.0. The van der Waals surface area contributed by atoms with Crippen molar-refractivity contribution >= 4 is 45.1 Å². The molecular weight excluding hydrogens is 759 g/mol. The second kappa shape index (κ2) is 15.4. The van der Waals surface area contributed by atoms with Gasteiger partial charge in [-0.1, -0.05) is 25.3 Å². The van der Waals surface area contributed by atoms with Gasteiger partial charge in [0.15, 0.2) is 0 Å². The fourth-order valence-corrected chi connectivity index (χ4v) is 10.3. The minimum atomic E-state index is -3.91. The zero-order valence-corrected chi connectivity index (χ0v) is 32.9. The Morgan fingerprint density at radius 1 is 1.00 bits per heavy atom. The van der Waals surface area contributed by atoms with Crippen molar-refractivity contribution in [3.05, 3.63) is 48.5 Å². The molecule has 0 bridgehead atoms. The molecule has 5 fully saturated rings. The van der Waals surface area contributed by atoms with E-state index in [1.54, 1.807) is 13.3 Å². The Bertz CT molecular complexity index is 2090. The van der Waals surface area contributed by atoms with E-state index in [9.17, 15) is 27.6 Å². The molecule has 15 nitrogen and oxygen atoms in total. The molecule has 4 saturated carbocycles. The van der Waals surface area contributed by atoms with Crippen LogP contribution in [0.5, 0.6) is 5.75 Å². The Balaban J connectivity index is 1.13. The topological polar surface area (TPSA) is 192 Å². The number of aromatic nitrogens is 4. The molecule has 1 saturated heterocycles. The van der Waals surface area contributed by atoms with E-state index in [0.717, 1.165) is 44.1 Å². The van der Waals surface area contributed by atoms with Crippen LogP contribution >= 0.6 is 11.3 Å².